The molecular weight excluding hydrogens is 198 g/mol. The van der Waals surface area contributed by atoms with Crippen LogP contribution in [0.4, 0.5) is 0 Å². The second-order valence-electron chi connectivity index (χ2n) is 3.71. The third-order valence-corrected chi connectivity index (χ3v) is 4.01. The molecule has 0 amide bonds. The van der Waals surface area contributed by atoms with Crippen molar-refractivity contribution in [3.05, 3.63) is 0 Å². The molecule has 0 saturated carbocycles. The standard InChI is InChI=1S/C10H23NO2S/c1-2-3-4-5-6-7-9-14(12,13)10-8-11/h2-11H2,1H3. The van der Waals surface area contributed by atoms with Gasteiger partial charge in [0.15, 0.2) is 9.84 Å². The summed E-state index contributed by atoms with van der Waals surface area (Å²) in [7, 11) is -2.85. The minimum Gasteiger partial charge on any atom is -0.329 e. The van der Waals surface area contributed by atoms with Gasteiger partial charge in [-0.25, -0.2) is 8.42 Å². The van der Waals surface area contributed by atoms with Gasteiger partial charge in [0.25, 0.3) is 0 Å². The van der Waals surface area contributed by atoms with Crippen LogP contribution in [0, 0.1) is 0 Å². The summed E-state index contributed by atoms with van der Waals surface area (Å²) in [6, 6.07) is 0. The van der Waals surface area contributed by atoms with E-state index < -0.39 is 9.84 Å². The number of hydrogen-bond acceptors (Lipinski definition) is 3. The number of rotatable bonds is 9. The quantitative estimate of drug-likeness (QED) is 0.603. The largest absolute Gasteiger partial charge is 0.329 e. The van der Waals surface area contributed by atoms with E-state index in [2.05, 4.69) is 6.92 Å². The SMILES string of the molecule is CCCCCCCCS(=O)(=O)CCN. The molecule has 0 spiro atoms. The van der Waals surface area contributed by atoms with Gasteiger partial charge in [-0.2, -0.15) is 0 Å². The number of sulfone groups is 1. The van der Waals surface area contributed by atoms with Gasteiger partial charge in [-0.05, 0) is 6.42 Å². The zero-order chi connectivity index (χ0) is 10.9. The molecule has 0 aromatic heterocycles. The number of nitrogens with two attached hydrogens (primary N) is 1. The van der Waals surface area contributed by atoms with E-state index in [1.54, 1.807) is 0 Å². The van der Waals surface area contributed by atoms with E-state index in [1.807, 2.05) is 0 Å². The molecule has 0 radical (unpaired) electrons. The fraction of sp³-hybridized carbons (Fsp3) is 1.00. The van der Waals surface area contributed by atoms with Crippen LogP contribution in [0.15, 0.2) is 0 Å². The van der Waals surface area contributed by atoms with Crippen LogP contribution >= 0.6 is 0 Å². The van der Waals surface area contributed by atoms with Crippen molar-refractivity contribution >= 4 is 9.84 Å². The predicted molar refractivity (Wildman–Crippen MR) is 61.1 cm³/mol. The maximum Gasteiger partial charge on any atom is 0.151 e. The van der Waals surface area contributed by atoms with Gasteiger partial charge in [0.1, 0.15) is 0 Å². The molecule has 0 aliphatic carbocycles. The van der Waals surface area contributed by atoms with Crippen LogP contribution in [0.25, 0.3) is 0 Å². The molecule has 14 heavy (non-hydrogen) atoms. The molecular formula is C10H23NO2S. The Morgan fingerprint density at radius 1 is 0.929 bits per heavy atom. The fourth-order valence-corrected chi connectivity index (χ4v) is 2.59. The Kier molecular flexibility index (Phi) is 8.18. The molecule has 0 bridgehead atoms. The second kappa shape index (κ2) is 8.24. The molecule has 0 atom stereocenters. The Hall–Kier alpha value is -0.0900. The van der Waals surface area contributed by atoms with E-state index >= 15 is 0 Å². The fourth-order valence-electron chi connectivity index (χ4n) is 1.38. The van der Waals surface area contributed by atoms with Crippen LogP contribution in [-0.4, -0.2) is 26.5 Å². The average molecular weight is 221 g/mol. The van der Waals surface area contributed by atoms with E-state index in [-0.39, 0.29) is 12.3 Å². The van der Waals surface area contributed by atoms with Crippen molar-refractivity contribution in [1.82, 2.24) is 0 Å². The average Bonchev–Trinajstić information content (AvgIpc) is 2.11. The zero-order valence-corrected chi connectivity index (χ0v) is 9.98. The summed E-state index contributed by atoms with van der Waals surface area (Å²) >= 11 is 0. The predicted octanol–water partition coefficient (Wildman–Crippen LogP) is 1.72. The summed E-state index contributed by atoms with van der Waals surface area (Å²) in [5.74, 6) is 0.457. The summed E-state index contributed by atoms with van der Waals surface area (Å²) in [6.07, 6.45) is 6.70. The summed E-state index contributed by atoms with van der Waals surface area (Å²) in [4.78, 5) is 0. The summed E-state index contributed by atoms with van der Waals surface area (Å²) in [5.41, 5.74) is 5.21. The first kappa shape index (κ1) is 13.9. The number of unbranched alkanes of at least 4 members (excludes halogenated alkanes) is 5. The van der Waals surface area contributed by atoms with Crippen molar-refractivity contribution in [3.63, 3.8) is 0 Å². The van der Waals surface area contributed by atoms with Crippen LogP contribution in [0.1, 0.15) is 45.4 Å². The minimum absolute atomic E-state index is 0.141. The van der Waals surface area contributed by atoms with Gasteiger partial charge in [0, 0.05) is 6.54 Å². The van der Waals surface area contributed by atoms with Crippen molar-refractivity contribution in [2.75, 3.05) is 18.1 Å². The summed E-state index contributed by atoms with van der Waals surface area (Å²) in [6.45, 7) is 2.42. The van der Waals surface area contributed by atoms with Crippen LogP contribution < -0.4 is 5.73 Å². The summed E-state index contributed by atoms with van der Waals surface area (Å²) in [5, 5.41) is 0. The second-order valence-corrected chi connectivity index (χ2v) is 6.01. The van der Waals surface area contributed by atoms with E-state index in [0.717, 1.165) is 19.3 Å². The minimum atomic E-state index is -2.85. The monoisotopic (exact) mass is 221 g/mol. The van der Waals surface area contributed by atoms with Gasteiger partial charge in [-0.15, -0.1) is 0 Å². The van der Waals surface area contributed by atoms with Crippen molar-refractivity contribution in [2.24, 2.45) is 5.73 Å². The highest BCUT2D eigenvalue weighted by atomic mass is 32.2. The molecule has 0 aliphatic heterocycles. The first-order valence-corrected chi connectivity index (χ1v) is 7.35. The van der Waals surface area contributed by atoms with Gasteiger partial charge >= 0.3 is 0 Å². The molecule has 0 unspecified atom stereocenters. The van der Waals surface area contributed by atoms with E-state index in [4.69, 9.17) is 5.73 Å². The van der Waals surface area contributed by atoms with Gasteiger partial charge in [0.05, 0.1) is 11.5 Å². The van der Waals surface area contributed by atoms with Gasteiger partial charge < -0.3 is 5.73 Å². The molecule has 0 heterocycles. The molecule has 2 N–H and O–H groups in total. The first-order chi connectivity index (χ1) is 6.62. The highest BCUT2D eigenvalue weighted by Gasteiger charge is 2.07. The van der Waals surface area contributed by atoms with Crippen molar-refractivity contribution in [2.45, 2.75) is 45.4 Å². The lowest BCUT2D eigenvalue weighted by Gasteiger charge is -2.02. The first-order valence-electron chi connectivity index (χ1n) is 5.53. The molecule has 86 valence electrons. The van der Waals surface area contributed by atoms with Crippen LogP contribution in [0.3, 0.4) is 0 Å². The molecule has 3 nitrogen and oxygen atoms in total. The molecule has 0 aliphatic rings. The van der Waals surface area contributed by atoms with E-state index in [1.165, 1.54) is 19.3 Å². The Morgan fingerprint density at radius 2 is 1.50 bits per heavy atom. The maximum absolute atomic E-state index is 11.2. The van der Waals surface area contributed by atoms with Crippen molar-refractivity contribution in [3.8, 4) is 0 Å². The van der Waals surface area contributed by atoms with Crippen LogP contribution in [0.2, 0.25) is 0 Å². The highest BCUT2D eigenvalue weighted by molar-refractivity contribution is 7.91. The Morgan fingerprint density at radius 3 is 2.07 bits per heavy atom. The zero-order valence-electron chi connectivity index (χ0n) is 9.17. The topological polar surface area (TPSA) is 60.2 Å². The lowest BCUT2D eigenvalue weighted by molar-refractivity contribution is 0.583. The van der Waals surface area contributed by atoms with Gasteiger partial charge in [0.2, 0.25) is 0 Å². The molecule has 4 heteroatoms. The third-order valence-electron chi connectivity index (χ3n) is 2.24. The summed E-state index contributed by atoms with van der Waals surface area (Å²) < 4.78 is 22.5. The Balaban J connectivity index is 3.35. The molecule has 0 aromatic carbocycles. The van der Waals surface area contributed by atoms with Gasteiger partial charge in [-0.3, -0.25) is 0 Å². The van der Waals surface area contributed by atoms with Gasteiger partial charge in [-0.1, -0.05) is 39.0 Å². The van der Waals surface area contributed by atoms with Crippen LogP contribution in [0.5, 0.6) is 0 Å². The van der Waals surface area contributed by atoms with Crippen molar-refractivity contribution in [1.29, 1.82) is 0 Å². The van der Waals surface area contributed by atoms with E-state index in [9.17, 15) is 8.42 Å². The molecule has 0 rings (SSSR count). The number of hydrogen-bond donors (Lipinski definition) is 1. The normalized spacial score (nSPS) is 11.9. The Bertz CT molecular complexity index is 212. The highest BCUT2D eigenvalue weighted by Crippen LogP contribution is 2.06. The molecule has 0 saturated heterocycles. The Labute approximate surface area is 88.0 Å². The van der Waals surface area contributed by atoms with Crippen molar-refractivity contribution < 1.29 is 8.42 Å². The third kappa shape index (κ3) is 8.51. The van der Waals surface area contributed by atoms with Crippen LogP contribution in [-0.2, 0) is 9.84 Å². The molecule has 0 fully saturated rings. The van der Waals surface area contributed by atoms with E-state index in [0.29, 0.717) is 5.75 Å². The lowest BCUT2D eigenvalue weighted by Crippen LogP contribution is -2.18. The molecule has 0 aromatic rings. The maximum atomic E-state index is 11.2. The lowest BCUT2D eigenvalue weighted by atomic mass is 10.1. The smallest absolute Gasteiger partial charge is 0.151 e.